The Kier molecular flexibility index (Phi) is 5.62. The molecular formula is C12H11Cl2NO3S. The number of benzene rings is 2. The van der Waals surface area contributed by atoms with E-state index in [9.17, 15) is 8.42 Å². The summed E-state index contributed by atoms with van der Waals surface area (Å²) in [6.45, 7) is 0. The van der Waals surface area contributed by atoms with Gasteiger partial charge in [-0.3, -0.25) is 0 Å². The van der Waals surface area contributed by atoms with Crippen LogP contribution in [-0.4, -0.2) is 13.5 Å². The summed E-state index contributed by atoms with van der Waals surface area (Å²) in [7, 11) is -3.50. The molecule has 0 aliphatic heterocycles. The van der Waals surface area contributed by atoms with Crippen molar-refractivity contribution >= 4 is 33.2 Å². The summed E-state index contributed by atoms with van der Waals surface area (Å²) in [6, 6.07) is 12.6. The summed E-state index contributed by atoms with van der Waals surface area (Å²) in [5.74, 6) is 0.0177. The molecule has 7 heteroatoms. The van der Waals surface area contributed by atoms with Crippen LogP contribution in [0.15, 0.2) is 53.4 Å². The molecule has 0 aliphatic carbocycles. The zero-order valence-corrected chi connectivity index (χ0v) is 12.0. The van der Waals surface area contributed by atoms with E-state index in [2.05, 4.69) is 0 Å². The van der Waals surface area contributed by atoms with Crippen molar-refractivity contribution in [1.82, 2.24) is 0 Å². The molecule has 2 rings (SSSR count). The molecule has 0 amide bonds. The van der Waals surface area contributed by atoms with Gasteiger partial charge in [-0.25, -0.2) is 13.6 Å². The molecule has 2 aromatic carbocycles. The van der Waals surface area contributed by atoms with E-state index < -0.39 is 10.0 Å². The second-order valence-electron chi connectivity index (χ2n) is 3.43. The highest BCUT2D eigenvalue weighted by atomic mass is 35.5. The van der Waals surface area contributed by atoms with Crippen LogP contribution in [0.2, 0.25) is 10.0 Å². The van der Waals surface area contributed by atoms with Gasteiger partial charge in [0.25, 0.3) is 0 Å². The van der Waals surface area contributed by atoms with Crippen LogP contribution in [0.5, 0.6) is 5.75 Å². The highest BCUT2D eigenvalue weighted by molar-refractivity contribution is 7.89. The van der Waals surface area contributed by atoms with Gasteiger partial charge in [-0.15, -0.1) is 0 Å². The van der Waals surface area contributed by atoms with Crippen molar-refractivity contribution in [1.29, 1.82) is 0 Å². The lowest BCUT2D eigenvalue weighted by Gasteiger charge is -1.95. The topological polar surface area (TPSA) is 80.4 Å². The third kappa shape index (κ3) is 5.08. The summed E-state index contributed by atoms with van der Waals surface area (Å²) >= 11 is 11.0. The molecule has 102 valence electrons. The molecule has 0 atom stereocenters. The van der Waals surface area contributed by atoms with Crippen LogP contribution in [-0.2, 0) is 10.0 Å². The Morgan fingerprint density at radius 3 is 1.89 bits per heavy atom. The van der Waals surface area contributed by atoms with Crippen molar-refractivity contribution in [2.45, 2.75) is 4.90 Å². The minimum absolute atomic E-state index is 0.0177. The van der Waals surface area contributed by atoms with E-state index in [1.807, 2.05) is 0 Å². The maximum absolute atomic E-state index is 10.6. The zero-order valence-electron chi connectivity index (χ0n) is 9.62. The predicted molar refractivity (Wildman–Crippen MR) is 75.9 cm³/mol. The van der Waals surface area contributed by atoms with E-state index in [1.54, 1.807) is 30.3 Å². The van der Waals surface area contributed by atoms with Crippen LogP contribution in [0.1, 0.15) is 0 Å². The highest BCUT2D eigenvalue weighted by Gasteiger charge is 2.03. The number of aromatic hydroxyl groups is 1. The van der Waals surface area contributed by atoms with Crippen molar-refractivity contribution in [3.05, 3.63) is 58.6 Å². The van der Waals surface area contributed by atoms with Gasteiger partial charge in [0.1, 0.15) is 10.8 Å². The molecule has 0 fully saturated rings. The standard InChI is InChI=1S/C6H4Cl2O.C6H7NO2S/c7-4-2-1-3-5(9)6(4)8;7-10(8,9)6-4-2-1-3-5-6/h1-3,9H;1-5H,(H2,7,8,9). The van der Waals surface area contributed by atoms with Gasteiger partial charge >= 0.3 is 0 Å². The largest absolute Gasteiger partial charge is 0.506 e. The van der Waals surface area contributed by atoms with Crippen LogP contribution in [0.3, 0.4) is 0 Å². The summed E-state index contributed by atoms with van der Waals surface area (Å²) in [5.41, 5.74) is 0. The lowest BCUT2D eigenvalue weighted by Crippen LogP contribution is -2.11. The fourth-order valence-corrected chi connectivity index (χ4v) is 1.93. The Morgan fingerprint density at radius 2 is 1.53 bits per heavy atom. The molecule has 3 N–H and O–H groups in total. The van der Waals surface area contributed by atoms with E-state index in [0.717, 1.165) is 0 Å². The molecule has 0 unspecified atom stereocenters. The van der Waals surface area contributed by atoms with Gasteiger partial charge in [0.2, 0.25) is 10.0 Å². The molecule has 19 heavy (non-hydrogen) atoms. The molecular weight excluding hydrogens is 309 g/mol. The lowest BCUT2D eigenvalue weighted by molar-refractivity contribution is 0.475. The summed E-state index contributed by atoms with van der Waals surface area (Å²) in [6.07, 6.45) is 0. The quantitative estimate of drug-likeness (QED) is 0.847. The average molecular weight is 320 g/mol. The number of nitrogens with two attached hydrogens (primary N) is 1. The lowest BCUT2D eigenvalue weighted by atomic mass is 10.3. The van der Waals surface area contributed by atoms with Crippen LogP contribution in [0, 0.1) is 0 Å². The van der Waals surface area contributed by atoms with Crippen LogP contribution in [0.4, 0.5) is 0 Å². The molecule has 0 aliphatic rings. The van der Waals surface area contributed by atoms with Crippen LogP contribution < -0.4 is 5.14 Å². The number of phenolic OH excluding ortho intramolecular Hbond substituents is 1. The van der Waals surface area contributed by atoms with E-state index in [1.165, 1.54) is 18.2 Å². The predicted octanol–water partition coefficient (Wildman–Crippen LogP) is 3.03. The first kappa shape index (κ1) is 15.8. The smallest absolute Gasteiger partial charge is 0.238 e. The average Bonchev–Trinajstić information content (AvgIpc) is 2.37. The van der Waals surface area contributed by atoms with Crippen LogP contribution >= 0.6 is 23.2 Å². The molecule has 0 heterocycles. The maximum atomic E-state index is 10.6. The first-order valence-electron chi connectivity index (χ1n) is 5.03. The molecule has 0 aromatic heterocycles. The Hall–Kier alpha value is -1.27. The van der Waals surface area contributed by atoms with Crippen molar-refractivity contribution < 1.29 is 13.5 Å². The second-order valence-corrected chi connectivity index (χ2v) is 5.78. The van der Waals surface area contributed by atoms with Gasteiger partial charge in [0, 0.05) is 0 Å². The van der Waals surface area contributed by atoms with Crippen molar-refractivity contribution in [2.75, 3.05) is 0 Å². The minimum atomic E-state index is -3.50. The Morgan fingerprint density at radius 1 is 0.947 bits per heavy atom. The van der Waals surface area contributed by atoms with Gasteiger partial charge in [-0.05, 0) is 24.3 Å². The fourth-order valence-electron chi connectivity index (χ4n) is 1.10. The third-order valence-electron chi connectivity index (χ3n) is 2.00. The van der Waals surface area contributed by atoms with E-state index in [0.29, 0.717) is 5.02 Å². The minimum Gasteiger partial charge on any atom is -0.506 e. The monoisotopic (exact) mass is 319 g/mol. The molecule has 0 radical (unpaired) electrons. The molecule has 0 bridgehead atoms. The first-order chi connectivity index (χ1) is 8.82. The summed E-state index contributed by atoms with van der Waals surface area (Å²) in [5, 5.41) is 14.3. The number of rotatable bonds is 1. The number of sulfonamides is 1. The van der Waals surface area contributed by atoms with Crippen molar-refractivity contribution in [3.63, 3.8) is 0 Å². The second kappa shape index (κ2) is 6.77. The van der Waals surface area contributed by atoms with Gasteiger partial charge < -0.3 is 5.11 Å². The maximum Gasteiger partial charge on any atom is 0.238 e. The van der Waals surface area contributed by atoms with E-state index >= 15 is 0 Å². The molecule has 0 spiro atoms. The SMILES string of the molecule is NS(=O)(=O)c1ccccc1.Oc1cccc(Cl)c1Cl. The Labute approximate surface area is 121 Å². The zero-order chi connectivity index (χ0) is 14.5. The number of hydrogen-bond acceptors (Lipinski definition) is 3. The Balaban J connectivity index is 0.000000191. The number of hydrogen-bond donors (Lipinski definition) is 2. The Bertz CT molecular complexity index is 625. The first-order valence-corrected chi connectivity index (χ1v) is 7.33. The molecule has 4 nitrogen and oxygen atoms in total. The van der Waals surface area contributed by atoms with E-state index in [-0.39, 0.29) is 15.7 Å². The van der Waals surface area contributed by atoms with Crippen molar-refractivity contribution in [2.24, 2.45) is 5.14 Å². The van der Waals surface area contributed by atoms with Gasteiger partial charge in [-0.1, -0.05) is 47.5 Å². The van der Waals surface area contributed by atoms with Crippen LogP contribution in [0.25, 0.3) is 0 Å². The molecule has 0 saturated heterocycles. The number of primary sulfonamides is 1. The molecule has 2 aromatic rings. The van der Waals surface area contributed by atoms with Gasteiger partial charge in [0.15, 0.2) is 0 Å². The van der Waals surface area contributed by atoms with Crippen molar-refractivity contribution in [3.8, 4) is 5.75 Å². The van der Waals surface area contributed by atoms with E-state index in [4.69, 9.17) is 33.4 Å². The fraction of sp³-hybridized carbons (Fsp3) is 0. The highest BCUT2D eigenvalue weighted by Crippen LogP contribution is 2.29. The number of halogens is 2. The molecule has 0 saturated carbocycles. The summed E-state index contributed by atoms with van der Waals surface area (Å²) in [4.78, 5) is 0.148. The summed E-state index contributed by atoms with van der Waals surface area (Å²) < 4.78 is 21.2. The third-order valence-corrected chi connectivity index (χ3v) is 3.74. The number of phenols is 1. The normalized spacial score (nSPS) is 10.5. The van der Waals surface area contributed by atoms with Gasteiger partial charge in [-0.2, -0.15) is 0 Å². The van der Waals surface area contributed by atoms with Gasteiger partial charge in [0.05, 0.1) is 9.92 Å².